The number of amides is 1. The first-order chi connectivity index (χ1) is 7.13. The van der Waals surface area contributed by atoms with E-state index in [1.54, 1.807) is 0 Å². The van der Waals surface area contributed by atoms with Crippen molar-refractivity contribution in [3.63, 3.8) is 0 Å². The van der Waals surface area contributed by atoms with Crippen molar-refractivity contribution in [2.75, 3.05) is 19.8 Å². The number of carbonyl (C=O) groups excluding carboxylic acids is 1. The first-order valence-corrected chi connectivity index (χ1v) is 4.89. The summed E-state index contributed by atoms with van der Waals surface area (Å²) < 4.78 is 12.4. The quantitative estimate of drug-likeness (QED) is 0.709. The highest BCUT2D eigenvalue weighted by Crippen LogP contribution is 2.16. The van der Waals surface area contributed by atoms with Crippen LogP contribution in [0.15, 0.2) is 12.2 Å². The molecule has 0 aromatic heterocycles. The monoisotopic (exact) mass is 215 g/mol. The van der Waals surface area contributed by atoms with Crippen molar-refractivity contribution >= 4 is 11.9 Å². The Kier molecular flexibility index (Phi) is 4.27. The fraction of sp³-hybridized carbons (Fsp3) is 0.600. The Bertz CT molecular complexity index is 278. The zero-order valence-corrected chi connectivity index (χ0v) is 8.36. The number of piperidine rings is 1. The molecule has 1 aliphatic rings. The van der Waals surface area contributed by atoms with E-state index in [9.17, 15) is 14.0 Å². The van der Waals surface area contributed by atoms with Crippen LogP contribution in [0, 0.1) is 5.92 Å². The highest BCUT2D eigenvalue weighted by atomic mass is 19.1. The van der Waals surface area contributed by atoms with Gasteiger partial charge in [0.05, 0.1) is 6.67 Å². The third-order valence-electron chi connectivity index (χ3n) is 2.42. The van der Waals surface area contributed by atoms with Crippen molar-refractivity contribution in [3.8, 4) is 0 Å². The zero-order chi connectivity index (χ0) is 11.3. The van der Waals surface area contributed by atoms with Crippen molar-refractivity contribution < 1.29 is 19.1 Å². The lowest BCUT2D eigenvalue weighted by atomic mass is 9.99. The first-order valence-electron chi connectivity index (χ1n) is 4.89. The Balaban J connectivity index is 2.48. The molecule has 1 fully saturated rings. The summed E-state index contributed by atoms with van der Waals surface area (Å²) in [7, 11) is 0. The van der Waals surface area contributed by atoms with Crippen molar-refractivity contribution in [1.82, 2.24) is 4.90 Å². The molecular weight excluding hydrogens is 201 g/mol. The van der Waals surface area contributed by atoms with Gasteiger partial charge >= 0.3 is 5.97 Å². The molecule has 0 aromatic rings. The summed E-state index contributed by atoms with van der Waals surface area (Å²) in [5.41, 5.74) is 0. The van der Waals surface area contributed by atoms with Crippen molar-refractivity contribution in [3.05, 3.63) is 12.2 Å². The number of hydrogen-bond donors (Lipinski definition) is 1. The predicted octanol–water partition coefficient (Wildman–Crippen LogP) is 0.835. The summed E-state index contributed by atoms with van der Waals surface area (Å²) >= 11 is 0. The van der Waals surface area contributed by atoms with E-state index in [0.717, 1.165) is 25.0 Å². The largest absolute Gasteiger partial charge is 0.478 e. The van der Waals surface area contributed by atoms with E-state index in [-0.39, 0.29) is 11.8 Å². The highest BCUT2D eigenvalue weighted by Gasteiger charge is 2.22. The van der Waals surface area contributed by atoms with Gasteiger partial charge in [0.2, 0.25) is 5.91 Å². The molecule has 1 amide bonds. The first kappa shape index (κ1) is 11.7. The number of likely N-dealkylation sites (tertiary alicyclic amines) is 1. The number of nitrogens with zero attached hydrogens (tertiary/aromatic N) is 1. The summed E-state index contributed by atoms with van der Waals surface area (Å²) in [6.45, 7) is 0.547. The number of halogens is 1. The van der Waals surface area contributed by atoms with Crippen molar-refractivity contribution in [2.24, 2.45) is 5.92 Å². The van der Waals surface area contributed by atoms with E-state index < -0.39 is 12.6 Å². The lowest BCUT2D eigenvalue weighted by molar-refractivity contribution is -0.132. The Morgan fingerprint density at radius 2 is 2.20 bits per heavy atom. The second kappa shape index (κ2) is 5.48. The Hall–Kier alpha value is -1.39. The van der Waals surface area contributed by atoms with Crippen LogP contribution in [-0.2, 0) is 9.59 Å². The minimum absolute atomic E-state index is 0.0964. The van der Waals surface area contributed by atoms with E-state index in [2.05, 4.69) is 0 Å². The molecule has 4 nitrogen and oxygen atoms in total. The number of carboxylic acids is 1. The molecule has 1 rings (SSSR count). The number of alkyl halides is 1. The van der Waals surface area contributed by atoms with Crippen LogP contribution < -0.4 is 0 Å². The van der Waals surface area contributed by atoms with Crippen LogP contribution in [0.1, 0.15) is 12.8 Å². The minimum atomic E-state index is -1.15. The van der Waals surface area contributed by atoms with E-state index in [0.29, 0.717) is 13.1 Å². The highest BCUT2D eigenvalue weighted by molar-refractivity contribution is 5.93. The van der Waals surface area contributed by atoms with Crippen molar-refractivity contribution in [2.45, 2.75) is 12.8 Å². The second-order valence-corrected chi connectivity index (χ2v) is 3.62. The molecule has 0 saturated carbocycles. The maximum absolute atomic E-state index is 12.4. The van der Waals surface area contributed by atoms with Gasteiger partial charge in [-0.15, -0.1) is 0 Å². The molecule has 0 bridgehead atoms. The Morgan fingerprint density at radius 3 is 2.80 bits per heavy atom. The zero-order valence-electron chi connectivity index (χ0n) is 8.36. The van der Waals surface area contributed by atoms with E-state index in [1.807, 2.05) is 0 Å². The standard InChI is InChI=1S/C10H14FNO3/c11-6-8-2-1-5-12(7-8)9(13)3-4-10(14)15/h3-4,8H,1-2,5-7H2,(H,14,15). The molecule has 1 unspecified atom stereocenters. The maximum Gasteiger partial charge on any atom is 0.328 e. The van der Waals surface area contributed by atoms with Gasteiger partial charge in [0.25, 0.3) is 0 Å². The van der Waals surface area contributed by atoms with Gasteiger partial charge in [-0.25, -0.2) is 4.79 Å². The van der Waals surface area contributed by atoms with Gasteiger partial charge in [-0.3, -0.25) is 9.18 Å². The van der Waals surface area contributed by atoms with Gasteiger partial charge in [0.1, 0.15) is 0 Å². The molecule has 15 heavy (non-hydrogen) atoms. The Labute approximate surface area is 87.4 Å². The van der Waals surface area contributed by atoms with Crippen LogP contribution >= 0.6 is 0 Å². The van der Waals surface area contributed by atoms with E-state index in [1.165, 1.54) is 4.90 Å². The summed E-state index contributed by atoms with van der Waals surface area (Å²) in [4.78, 5) is 23.1. The summed E-state index contributed by atoms with van der Waals surface area (Å²) in [5.74, 6) is -1.60. The molecule has 1 saturated heterocycles. The van der Waals surface area contributed by atoms with Gasteiger partial charge in [-0.1, -0.05) is 0 Å². The summed E-state index contributed by atoms with van der Waals surface area (Å²) in [6, 6.07) is 0. The lowest BCUT2D eigenvalue weighted by Crippen LogP contribution is -2.39. The average molecular weight is 215 g/mol. The molecule has 1 aliphatic heterocycles. The van der Waals surface area contributed by atoms with Gasteiger partial charge in [0.15, 0.2) is 0 Å². The second-order valence-electron chi connectivity index (χ2n) is 3.62. The number of hydrogen-bond acceptors (Lipinski definition) is 2. The van der Waals surface area contributed by atoms with E-state index in [4.69, 9.17) is 5.11 Å². The van der Waals surface area contributed by atoms with Gasteiger partial charge < -0.3 is 10.0 Å². The molecule has 1 N–H and O–H groups in total. The van der Waals surface area contributed by atoms with Crippen LogP contribution in [0.4, 0.5) is 4.39 Å². The van der Waals surface area contributed by atoms with Crippen LogP contribution in [0.5, 0.6) is 0 Å². The molecular formula is C10H14FNO3. The van der Waals surface area contributed by atoms with Gasteiger partial charge in [0, 0.05) is 31.2 Å². The SMILES string of the molecule is O=C(O)C=CC(=O)N1CCCC(CF)C1. The summed E-state index contributed by atoms with van der Waals surface area (Å²) in [5, 5.41) is 8.34. The number of aliphatic carboxylic acids is 1. The molecule has 0 spiro atoms. The fourth-order valence-corrected chi connectivity index (χ4v) is 1.64. The molecule has 5 heteroatoms. The number of carbonyl (C=O) groups is 2. The van der Waals surface area contributed by atoms with Crippen LogP contribution in [0.25, 0.3) is 0 Å². The predicted molar refractivity (Wildman–Crippen MR) is 52.1 cm³/mol. The van der Waals surface area contributed by atoms with Crippen LogP contribution in [0.2, 0.25) is 0 Å². The third kappa shape index (κ3) is 3.69. The average Bonchev–Trinajstić information content (AvgIpc) is 2.26. The van der Waals surface area contributed by atoms with Gasteiger partial charge in [-0.2, -0.15) is 0 Å². The molecule has 0 radical (unpaired) electrons. The maximum atomic E-state index is 12.4. The van der Waals surface area contributed by atoms with E-state index >= 15 is 0 Å². The molecule has 0 aliphatic carbocycles. The molecule has 1 atom stereocenters. The molecule has 0 aromatic carbocycles. The topological polar surface area (TPSA) is 57.6 Å². The van der Waals surface area contributed by atoms with Crippen LogP contribution in [0.3, 0.4) is 0 Å². The Morgan fingerprint density at radius 1 is 1.47 bits per heavy atom. The smallest absolute Gasteiger partial charge is 0.328 e. The van der Waals surface area contributed by atoms with Crippen LogP contribution in [-0.4, -0.2) is 41.6 Å². The lowest BCUT2D eigenvalue weighted by Gasteiger charge is -2.30. The molecule has 84 valence electrons. The molecule has 1 heterocycles. The van der Waals surface area contributed by atoms with Crippen molar-refractivity contribution in [1.29, 1.82) is 0 Å². The van der Waals surface area contributed by atoms with Gasteiger partial charge in [-0.05, 0) is 12.8 Å². The normalized spacial score (nSPS) is 21.9. The summed E-state index contributed by atoms with van der Waals surface area (Å²) in [6.07, 6.45) is 3.40. The third-order valence-corrected chi connectivity index (χ3v) is 2.42. The number of carboxylic acid groups (broad SMARTS) is 1. The number of rotatable bonds is 3. The fourth-order valence-electron chi connectivity index (χ4n) is 1.64. The minimum Gasteiger partial charge on any atom is -0.478 e.